The van der Waals surface area contributed by atoms with Gasteiger partial charge in [-0.1, -0.05) is 166 Å². The quantitative estimate of drug-likeness (QED) is 0.175. The number of hydrogen-bond acceptors (Lipinski definition) is 1. The highest BCUT2D eigenvalue weighted by molar-refractivity contribution is 5.98. The summed E-state index contributed by atoms with van der Waals surface area (Å²) in [4.78, 5) is 2.44. The van der Waals surface area contributed by atoms with Gasteiger partial charge in [0.15, 0.2) is 0 Å². The zero-order valence-corrected chi connectivity index (χ0v) is 28.3. The predicted molar refractivity (Wildman–Crippen MR) is 213 cm³/mol. The average molecular weight is 640 g/mol. The first-order chi connectivity index (χ1) is 24.6. The van der Waals surface area contributed by atoms with E-state index in [2.05, 4.69) is 207 Å². The van der Waals surface area contributed by atoms with Crippen LogP contribution < -0.4 is 4.90 Å². The summed E-state index contributed by atoms with van der Waals surface area (Å²) in [6.45, 7) is 4.71. The van der Waals surface area contributed by atoms with Crippen LogP contribution in [0, 0.1) is 0 Å². The van der Waals surface area contributed by atoms with E-state index in [9.17, 15) is 0 Å². The molecule has 0 radical (unpaired) electrons. The maximum atomic E-state index is 2.44. The minimum Gasteiger partial charge on any atom is -0.310 e. The van der Waals surface area contributed by atoms with Crippen LogP contribution in [-0.2, 0) is 5.41 Å². The Morgan fingerprint density at radius 2 is 0.900 bits per heavy atom. The van der Waals surface area contributed by atoms with E-state index in [0.717, 1.165) is 17.1 Å². The van der Waals surface area contributed by atoms with Crippen molar-refractivity contribution in [3.8, 4) is 44.5 Å². The summed E-state index contributed by atoms with van der Waals surface area (Å²) in [6.07, 6.45) is 0. The van der Waals surface area contributed by atoms with E-state index < -0.39 is 0 Å². The highest BCUT2D eigenvalue weighted by Gasteiger charge is 2.37. The molecule has 238 valence electrons. The van der Waals surface area contributed by atoms with Crippen molar-refractivity contribution in [1.29, 1.82) is 0 Å². The second kappa shape index (κ2) is 12.1. The molecular weight excluding hydrogens is 603 g/mol. The minimum absolute atomic E-state index is 0.0746. The zero-order chi connectivity index (χ0) is 33.7. The molecule has 0 N–H and O–H groups in total. The van der Waals surface area contributed by atoms with Gasteiger partial charge in [-0.25, -0.2) is 0 Å². The Morgan fingerprint density at radius 3 is 1.68 bits per heavy atom. The SMILES string of the molecule is CC1(C)c2ccccc2-c2c(-c3ccccc3N(c3cccc(-c4ccccc4)c3)c3cccc(-c4ccc5ccccc5c4)c3)cccc21. The number of hydrogen-bond donors (Lipinski definition) is 0. The minimum atomic E-state index is -0.0746. The van der Waals surface area contributed by atoms with Crippen molar-refractivity contribution in [2.24, 2.45) is 0 Å². The standard InChI is InChI=1S/C49H37N/c1-49(2)45-26-10-8-24-44(45)48-43(25-14-27-46(48)49)42-23-9-11-28-47(42)50(40-21-12-19-37(32-40)34-15-4-3-5-16-34)41-22-13-20-38(33-41)39-30-29-35-17-6-7-18-36(35)31-39/h3-33H,1-2H3. The predicted octanol–water partition coefficient (Wildman–Crippen LogP) is 13.6. The third-order valence-corrected chi connectivity index (χ3v) is 10.4. The summed E-state index contributed by atoms with van der Waals surface area (Å²) in [5.41, 5.74) is 16.0. The average Bonchev–Trinajstić information content (AvgIpc) is 3.42. The van der Waals surface area contributed by atoms with Gasteiger partial charge in [-0.05, 0) is 97.2 Å². The van der Waals surface area contributed by atoms with Gasteiger partial charge in [0.2, 0.25) is 0 Å². The molecule has 1 nitrogen and oxygen atoms in total. The molecule has 8 aromatic rings. The highest BCUT2D eigenvalue weighted by Crippen LogP contribution is 2.53. The van der Waals surface area contributed by atoms with Gasteiger partial charge in [0.25, 0.3) is 0 Å². The molecule has 0 saturated carbocycles. The second-order valence-corrected chi connectivity index (χ2v) is 13.8. The number of anilines is 3. The first-order valence-corrected chi connectivity index (χ1v) is 17.4. The molecule has 1 heteroatoms. The lowest BCUT2D eigenvalue weighted by molar-refractivity contribution is 0.660. The van der Waals surface area contributed by atoms with E-state index in [1.165, 1.54) is 66.4 Å². The zero-order valence-electron chi connectivity index (χ0n) is 28.3. The fourth-order valence-corrected chi connectivity index (χ4v) is 7.95. The maximum absolute atomic E-state index is 2.44. The third-order valence-electron chi connectivity index (χ3n) is 10.4. The van der Waals surface area contributed by atoms with E-state index in [1.54, 1.807) is 0 Å². The van der Waals surface area contributed by atoms with Gasteiger partial charge in [0.1, 0.15) is 0 Å². The van der Waals surface area contributed by atoms with Gasteiger partial charge in [-0.15, -0.1) is 0 Å². The van der Waals surface area contributed by atoms with Gasteiger partial charge < -0.3 is 4.90 Å². The monoisotopic (exact) mass is 639 g/mol. The van der Waals surface area contributed by atoms with E-state index in [0.29, 0.717) is 0 Å². The molecule has 0 unspecified atom stereocenters. The van der Waals surface area contributed by atoms with Crippen molar-refractivity contribution in [1.82, 2.24) is 0 Å². The molecule has 0 aliphatic heterocycles. The van der Waals surface area contributed by atoms with Gasteiger partial charge in [-0.2, -0.15) is 0 Å². The Kier molecular flexibility index (Phi) is 7.21. The van der Waals surface area contributed by atoms with Crippen LogP contribution in [0.15, 0.2) is 188 Å². The van der Waals surface area contributed by atoms with Crippen LogP contribution in [0.2, 0.25) is 0 Å². The molecule has 1 aliphatic carbocycles. The number of rotatable bonds is 6. The van der Waals surface area contributed by atoms with Gasteiger partial charge in [-0.3, -0.25) is 0 Å². The van der Waals surface area contributed by atoms with Crippen molar-refractivity contribution in [3.63, 3.8) is 0 Å². The smallest absolute Gasteiger partial charge is 0.0540 e. The molecule has 8 aromatic carbocycles. The Bertz CT molecular complexity index is 2520. The molecule has 1 aliphatic rings. The molecule has 0 heterocycles. The summed E-state index contributed by atoms with van der Waals surface area (Å²) in [7, 11) is 0. The summed E-state index contributed by atoms with van der Waals surface area (Å²) >= 11 is 0. The Morgan fingerprint density at radius 1 is 0.360 bits per heavy atom. The molecule has 0 aromatic heterocycles. The van der Waals surface area contributed by atoms with E-state index >= 15 is 0 Å². The largest absolute Gasteiger partial charge is 0.310 e. The van der Waals surface area contributed by atoms with Crippen LogP contribution in [0.5, 0.6) is 0 Å². The molecule has 0 bridgehead atoms. The van der Waals surface area contributed by atoms with Crippen LogP contribution in [-0.4, -0.2) is 0 Å². The van der Waals surface area contributed by atoms with Crippen molar-refractivity contribution >= 4 is 27.8 Å². The van der Waals surface area contributed by atoms with Crippen molar-refractivity contribution in [2.45, 2.75) is 19.3 Å². The van der Waals surface area contributed by atoms with Crippen molar-refractivity contribution in [3.05, 3.63) is 199 Å². The lowest BCUT2D eigenvalue weighted by Crippen LogP contribution is -2.15. The molecule has 0 amide bonds. The fraction of sp³-hybridized carbons (Fsp3) is 0.0612. The lowest BCUT2D eigenvalue weighted by atomic mass is 9.82. The molecule has 50 heavy (non-hydrogen) atoms. The Labute approximate surface area is 294 Å². The molecule has 0 atom stereocenters. The van der Waals surface area contributed by atoms with Crippen LogP contribution in [0.3, 0.4) is 0 Å². The first kappa shape index (κ1) is 29.9. The number of fused-ring (bicyclic) bond motifs is 4. The van der Waals surface area contributed by atoms with Crippen molar-refractivity contribution < 1.29 is 0 Å². The van der Waals surface area contributed by atoms with Gasteiger partial charge in [0.05, 0.1) is 5.69 Å². The molecule has 0 saturated heterocycles. The number of benzene rings is 8. The van der Waals surface area contributed by atoms with Crippen LogP contribution in [0.25, 0.3) is 55.3 Å². The van der Waals surface area contributed by atoms with Crippen LogP contribution >= 0.6 is 0 Å². The van der Waals surface area contributed by atoms with Crippen LogP contribution in [0.1, 0.15) is 25.0 Å². The lowest BCUT2D eigenvalue weighted by Gasteiger charge is -2.29. The second-order valence-electron chi connectivity index (χ2n) is 13.8. The highest BCUT2D eigenvalue weighted by atomic mass is 15.1. The topological polar surface area (TPSA) is 3.24 Å². The summed E-state index contributed by atoms with van der Waals surface area (Å²) in [5.74, 6) is 0. The third kappa shape index (κ3) is 5.02. The van der Waals surface area contributed by atoms with E-state index in [1.807, 2.05) is 0 Å². The molecule has 0 spiro atoms. The van der Waals surface area contributed by atoms with E-state index in [4.69, 9.17) is 0 Å². The Hall–Kier alpha value is -6.18. The van der Waals surface area contributed by atoms with Gasteiger partial charge in [0, 0.05) is 22.4 Å². The fourth-order valence-electron chi connectivity index (χ4n) is 7.95. The maximum Gasteiger partial charge on any atom is 0.0540 e. The molecule has 0 fully saturated rings. The summed E-state index contributed by atoms with van der Waals surface area (Å²) < 4.78 is 0. The summed E-state index contributed by atoms with van der Waals surface area (Å²) in [6, 6.07) is 68.6. The summed E-state index contributed by atoms with van der Waals surface area (Å²) in [5, 5.41) is 2.50. The molecule has 9 rings (SSSR count). The number of nitrogens with zero attached hydrogens (tertiary/aromatic N) is 1. The normalized spacial score (nSPS) is 12.8. The van der Waals surface area contributed by atoms with E-state index in [-0.39, 0.29) is 5.41 Å². The van der Waals surface area contributed by atoms with Gasteiger partial charge >= 0.3 is 0 Å². The number of para-hydroxylation sites is 1. The first-order valence-electron chi connectivity index (χ1n) is 17.4. The molecular formula is C49H37N. The van der Waals surface area contributed by atoms with Crippen LogP contribution in [0.4, 0.5) is 17.1 Å². The van der Waals surface area contributed by atoms with Crippen molar-refractivity contribution in [2.75, 3.05) is 4.90 Å². The Balaban J connectivity index is 1.26.